The lowest BCUT2D eigenvalue weighted by molar-refractivity contribution is 0.0844. The monoisotopic (exact) mass is 408 g/mol. The van der Waals surface area contributed by atoms with Crippen LogP contribution in [0.15, 0.2) is 53.6 Å². The van der Waals surface area contributed by atoms with Crippen LogP contribution >= 0.6 is 0 Å². The fourth-order valence-corrected chi connectivity index (χ4v) is 3.54. The van der Waals surface area contributed by atoms with Crippen LogP contribution in [-0.2, 0) is 6.42 Å². The molecule has 5 nitrogen and oxygen atoms in total. The van der Waals surface area contributed by atoms with E-state index in [9.17, 15) is 20.1 Å². The van der Waals surface area contributed by atoms with Crippen molar-refractivity contribution in [3.63, 3.8) is 0 Å². The van der Waals surface area contributed by atoms with Crippen molar-refractivity contribution in [3.8, 4) is 23.0 Å². The third-order valence-electron chi connectivity index (χ3n) is 5.28. The smallest absolute Gasteiger partial charge is 0.174 e. The van der Waals surface area contributed by atoms with Crippen LogP contribution in [0, 0.1) is 0 Å². The average molecular weight is 408 g/mol. The van der Waals surface area contributed by atoms with E-state index in [1.165, 1.54) is 23.8 Å². The maximum Gasteiger partial charge on any atom is 0.174 e. The molecule has 1 aliphatic heterocycles. The van der Waals surface area contributed by atoms with Crippen molar-refractivity contribution in [3.05, 3.63) is 70.3 Å². The maximum atomic E-state index is 12.8. The number of fused-ring (bicyclic) bond motifs is 1. The van der Waals surface area contributed by atoms with Crippen molar-refractivity contribution in [1.29, 1.82) is 0 Å². The number of carbonyl (C=O) groups excluding carboxylic acids is 1. The zero-order valence-electron chi connectivity index (χ0n) is 17.6. The third kappa shape index (κ3) is 4.85. The van der Waals surface area contributed by atoms with Gasteiger partial charge in [-0.15, -0.1) is 0 Å². The molecule has 3 rings (SSSR count). The molecular formula is C25H28O5. The molecule has 2 aromatic rings. The number of allylic oxidation sites excluding steroid dienone is 4. The highest BCUT2D eigenvalue weighted by Gasteiger charge is 2.32. The topological polar surface area (TPSA) is 87.0 Å². The van der Waals surface area contributed by atoms with Crippen LogP contribution in [0.5, 0.6) is 23.0 Å². The number of benzene rings is 2. The molecule has 0 bridgehead atoms. The van der Waals surface area contributed by atoms with Crippen LogP contribution in [0.4, 0.5) is 0 Å². The minimum Gasteiger partial charge on any atom is -0.508 e. The van der Waals surface area contributed by atoms with E-state index in [1.807, 2.05) is 13.0 Å². The van der Waals surface area contributed by atoms with Gasteiger partial charge in [-0.25, -0.2) is 0 Å². The van der Waals surface area contributed by atoms with E-state index < -0.39 is 6.10 Å². The molecular weight excluding hydrogens is 380 g/mol. The number of rotatable bonds is 6. The van der Waals surface area contributed by atoms with E-state index in [0.717, 1.165) is 24.0 Å². The number of phenols is 3. The Labute approximate surface area is 177 Å². The van der Waals surface area contributed by atoms with E-state index in [1.54, 1.807) is 12.1 Å². The fraction of sp³-hybridized carbons (Fsp3) is 0.320. The number of carbonyl (C=O) groups is 1. The highest BCUT2D eigenvalue weighted by molar-refractivity contribution is 6.03. The van der Waals surface area contributed by atoms with Gasteiger partial charge in [0.2, 0.25) is 0 Å². The molecule has 0 saturated heterocycles. The highest BCUT2D eigenvalue weighted by Crippen LogP contribution is 2.44. The summed E-state index contributed by atoms with van der Waals surface area (Å²) in [5.74, 6) is -0.249. The molecule has 1 unspecified atom stereocenters. The predicted molar refractivity (Wildman–Crippen MR) is 116 cm³/mol. The third-order valence-corrected chi connectivity index (χ3v) is 5.28. The first kappa shape index (κ1) is 21.5. The molecule has 30 heavy (non-hydrogen) atoms. The van der Waals surface area contributed by atoms with Gasteiger partial charge >= 0.3 is 0 Å². The molecule has 0 radical (unpaired) electrons. The van der Waals surface area contributed by atoms with E-state index in [0.29, 0.717) is 12.0 Å². The van der Waals surface area contributed by atoms with Crippen molar-refractivity contribution in [1.82, 2.24) is 0 Å². The van der Waals surface area contributed by atoms with Gasteiger partial charge < -0.3 is 20.1 Å². The SMILES string of the molecule is CC(C)=CCCC(C)=CCc1c(O)cc2c(c1O)C(=O)CC(c1ccc(O)cc1)O2. The Kier molecular flexibility index (Phi) is 6.50. The minimum atomic E-state index is -0.535. The molecule has 1 aliphatic rings. The quantitative estimate of drug-likeness (QED) is 0.530. The number of phenolic OH excluding ortho intramolecular Hbond substituents is 3. The summed E-state index contributed by atoms with van der Waals surface area (Å²) in [6.07, 6.45) is 5.85. The van der Waals surface area contributed by atoms with E-state index in [-0.39, 0.29) is 40.8 Å². The van der Waals surface area contributed by atoms with Crippen molar-refractivity contribution in [2.24, 2.45) is 0 Å². The van der Waals surface area contributed by atoms with Gasteiger partial charge in [-0.05, 0) is 57.7 Å². The summed E-state index contributed by atoms with van der Waals surface area (Å²) in [6.45, 7) is 6.14. The normalized spacial score (nSPS) is 16.0. The summed E-state index contributed by atoms with van der Waals surface area (Å²) >= 11 is 0. The Morgan fingerprint density at radius 1 is 1.10 bits per heavy atom. The standard InChI is InChI=1S/C25H28O5/c1-15(2)5-4-6-16(3)7-12-19-20(27)13-23-24(25(19)29)21(28)14-22(30-23)17-8-10-18(26)11-9-17/h5,7-11,13,22,26-27,29H,4,6,12,14H2,1-3H3. The van der Waals surface area contributed by atoms with Crippen LogP contribution in [0.25, 0.3) is 0 Å². The molecule has 0 amide bonds. The van der Waals surface area contributed by atoms with Crippen molar-refractivity contribution < 1.29 is 24.9 Å². The first-order chi connectivity index (χ1) is 14.3. The summed E-state index contributed by atoms with van der Waals surface area (Å²) in [5, 5.41) is 30.6. The van der Waals surface area contributed by atoms with Gasteiger partial charge in [0.15, 0.2) is 5.78 Å². The highest BCUT2D eigenvalue weighted by atomic mass is 16.5. The second kappa shape index (κ2) is 9.08. The van der Waals surface area contributed by atoms with E-state index in [4.69, 9.17) is 4.74 Å². The van der Waals surface area contributed by atoms with Crippen molar-refractivity contribution in [2.45, 2.75) is 52.6 Å². The Morgan fingerprint density at radius 2 is 1.80 bits per heavy atom. The van der Waals surface area contributed by atoms with Gasteiger partial charge in [0.05, 0.1) is 6.42 Å². The summed E-state index contributed by atoms with van der Waals surface area (Å²) in [4.78, 5) is 12.8. The molecule has 0 aromatic heterocycles. The fourth-order valence-electron chi connectivity index (χ4n) is 3.54. The summed E-state index contributed by atoms with van der Waals surface area (Å²) in [6, 6.07) is 7.84. The zero-order chi connectivity index (χ0) is 21.8. The number of hydrogen-bond donors (Lipinski definition) is 3. The number of ketones is 1. The minimum absolute atomic E-state index is 0.0765. The van der Waals surface area contributed by atoms with Crippen LogP contribution in [0.1, 0.15) is 67.6 Å². The van der Waals surface area contributed by atoms with Gasteiger partial charge in [0.1, 0.15) is 34.7 Å². The van der Waals surface area contributed by atoms with Crippen LogP contribution in [0.3, 0.4) is 0 Å². The molecule has 3 N–H and O–H groups in total. The second-order valence-electron chi connectivity index (χ2n) is 8.00. The average Bonchev–Trinajstić information content (AvgIpc) is 2.67. The Hall–Kier alpha value is -3.21. The van der Waals surface area contributed by atoms with Gasteiger partial charge in [-0.1, -0.05) is 35.4 Å². The van der Waals surface area contributed by atoms with Crippen LogP contribution < -0.4 is 4.74 Å². The number of ether oxygens (including phenoxy) is 1. The maximum absolute atomic E-state index is 12.8. The first-order valence-corrected chi connectivity index (χ1v) is 10.1. The Morgan fingerprint density at radius 3 is 2.47 bits per heavy atom. The molecule has 0 fully saturated rings. The summed E-state index contributed by atoms with van der Waals surface area (Å²) < 4.78 is 5.90. The van der Waals surface area contributed by atoms with Crippen LogP contribution in [-0.4, -0.2) is 21.1 Å². The van der Waals surface area contributed by atoms with Crippen LogP contribution in [0.2, 0.25) is 0 Å². The van der Waals surface area contributed by atoms with E-state index in [2.05, 4.69) is 19.9 Å². The van der Waals surface area contributed by atoms with E-state index >= 15 is 0 Å². The first-order valence-electron chi connectivity index (χ1n) is 10.1. The molecule has 2 aromatic carbocycles. The number of Topliss-reactive ketones (excluding diaryl/α,β-unsaturated/α-hetero) is 1. The molecule has 0 aliphatic carbocycles. The Bertz CT molecular complexity index is 995. The van der Waals surface area contributed by atoms with Gasteiger partial charge in [0.25, 0.3) is 0 Å². The van der Waals surface area contributed by atoms with Gasteiger partial charge in [0, 0.05) is 11.6 Å². The summed E-state index contributed by atoms with van der Waals surface area (Å²) in [5.41, 5.74) is 3.62. The number of hydrogen-bond acceptors (Lipinski definition) is 5. The molecule has 1 heterocycles. The van der Waals surface area contributed by atoms with Gasteiger partial charge in [-0.3, -0.25) is 4.79 Å². The van der Waals surface area contributed by atoms with Gasteiger partial charge in [-0.2, -0.15) is 0 Å². The summed E-state index contributed by atoms with van der Waals surface area (Å²) in [7, 11) is 0. The van der Waals surface area contributed by atoms with Crippen molar-refractivity contribution >= 4 is 5.78 Å². The van der Waals surface area contributed by atoms with Crippen molar-refractivity contribution in [2.75, 3.05) is 0 Å². The largest absolute Gasteiger partial charge is 0.508 e. The Balaban J connectivity index is 1.82. The molecule has 158 valence electrons. The molecule has 5 heteroatoms. The molecule has 1 atom stereocenters. The molecule has 0 spiro atoms. The lowest BCUT2D eigenvalue weighted by Crippen LogP contribution is -2.20. The lowest BCUT2D eigenvalue weighted by Gasteiger charge is -2.27. The molecule has 0 saturated carbocycles. The zero-order valence-corrected chi connectivity index (χ0v) is 17.6. The lowest BCUT2D eigenvalue weighted by atomic mass is 9.92. The second-order valence-corrected chi connectivity index (χ2v) is 8.00. The number of aromatic hydroxyl groups is 3. The predicted octanol–water partition coefficient (Wildman–Crippen LogP) is 5.75.